The molecule has 0 aliphatic rings. The summed E-state index contributed by atoms with van der Waals surface area (Å²) in [5, 5.41) is 3.53. The molecule has 0 aromatic carbocycles. The predicted octanol–water partition coefficient (Wildman–Crippen LogP) is 13.5. The Morgan fingerprint density at radius 1 is 0.311 bits per heavy atom. The molecule has 268 valence electrons. The highest BCUT2D eigenvalue weighted by molar-refractivity contribution is 4.82. The van der Waals surface area contributed by atoms with Gasteiger partial charge in [0.05, 0.1) is 0 Å². The Morgan fingerprint density at radius 2 is 0.578 bits per heavy atom. The zero-order valence-corrected chi connectivity index (χ0v) is 31.1. The van der Waals surface area contributed by atoms with Crippen molar-refractivity contribution in [2.24, 2.45) is 0 Å². The fraction of sp³-hybridized carbons (Fsp3) is 0.905. The molecule has 0 saturated carbocycles. The third kappa shape index (κ3) is 43.4. The van der Waals surface area contributed by atoms with Crippen LogP contribution in [0.1, 0.15) is 206 Å². The van der Waals surface area contributed by atoms with Crippen LogP contribution in [0.2, 0.25) is 0 Å². The zero-order valence-electron chi connectivity index (χ0n) is 31.1. The van der Waals surface area contributed by atoms with Crippen molar-refractivity contribution in [3.63, 3.8) is 0 Å². The fourth-order valence-electron chi connectivity index (χ4n) is 5.83. The Labute approximate surface area is 284 Å². The number of ether oxygens (including phenoxy) is 2. The van der Waals surface area contributed by atoms with Crippen LogP contribution in [0.15, 0.2) is 24.3 Å². The van der Waals surface area contributed by atoms with Crippen molar-refractivity contribution in [3.05, 3.63) is 24.3 Å². The van der Waals surface area contributed by atoms with Gasteiger partial charge in [0.15, 0.2) is 0 Å². The molecule has 1 N–H and O–H groups in total. The third-order valence-corrected chi connectivity index (χ3v) is 8.89. The maximum Gasteiger partial charge on any atom is 0.0478 e. The first kappa shape index (κ1) is 44.4. The molecule has 0 saturated heterocycles. The molecule has 0 atom stereocenters. The van der Waals surface area contributed by atoms with Crippen LogP contribution in [0.4, 0.5) is 0 Å². The third-order valence-electron chi connectivity index (χ3n) is 8.89. The molecule has 0 spiro atoms. The number of unbranched alkanes of at least 4 members (excludes halogenated alkanes) is 24. The minimum atomic E-state index is 0.893. The van der Waals surface area contributed by atoms with Crippen LogP contribution in [0.5, 0.6) is 0 Å². The van der Waals surface area contributed by atoms with E-state index >= 15 is 0 Å². The van der Waals surface area contributed by atoms with Gasteiger partial charge in [-0.1, -0.05) is 154 Å². The Bertz CT molecular complexity index is 513. The van der Waals surface area contributed by atoms with Crippen LogP contribution in [0, 0.1) is 0 Å². The van der Waals surface area contributed by atoms with Gasteiger partial charge in [-0.25, -0.2) is 0 Å². The molecule has 0 aliphatic heterocycles. The van der Waals surface area contributed by atoms with Gasteiger partial charge in [0.2, 0.25) is 0 Å². The van der Waals surface area contributed by atoms with Crippen molar-refractivity contribution in [2.45, 2.75) is 206 Å². The highest BCUT2D eigenvalue weighted by Crippen LogP contribution is 2.11. The molecule has 45 heavy (non-hydrogen) atoms. The van der Waals surface area contributed by atoms with Crippen LogP contribution in [-0.2, 0) is 9.47 Å². The molecule has 0 unspecified atom stereocenters. The average Bonchev–Trinajstić information content (AvgIpc) is 3.05. The minimum Gasteiger partial charge on any atom is -0.381 e. The van der Waals surface area contributed by atoms with Gasteiger partial charge < -0.3 is 14.8 Å². The van der Waals surface area contributed by atoms with Gasteiger partial charge in [-0.3, -0.25) is 0 Å². The molecule has 3 heteroatoms. The van der Waals surface area contributed by atoms with Gasteiger partial charge in [0.25, 0.3) is 0 Å². The first-order valence-electron chi connectivity index (χ1n) is 20.6. The second-order valence-electron chi connectivity index (χ2n) is 13.6. The van der Waals surface area contributed by atoms with E-state index < -0.39 is 0 Å². The van der Waals surface area contributed by atoms with Crippen LogP contribution < -0.4 is 5.32 Å². The molecule has 0 radical (unpaired) electrons. The van der Waals surface area contributed by atoms with Gasteiger partial charge in [-0.05, 0) is 90.1 Å². The van der Waals surface area contributed by atoms with E-state index in [1.54, 1.807) is 0 Å². The van der Waals surface area contributed by atoms with Gasteiger partial charge in [0.1, 0.15) is 0 Å². The van der Waals surface area contributed by atoms with E-state index in [9.17, 15) is 0 Å². The summed E-state index contributed by atoms with van der Waals surface area (Å²) in [6.45, 7) is 10.4. The van der Waals surface area contributed by atoms with Gasteiger partial charge in [-0.15, -0.1) is 0 Å². The normalized spacial score (nSPS) is 12.0. The van der Waals surface area contributed by atoms with Crippen molar-refractivity contribution in [1.82, 2.24) is 5.32 Å². The molecular weight excluding hydrogens is 550 g/mol. The summed E-state index contributed by atoms with van der Waals surface area (Å²) in [4.78, 5) is 0. The minimum absolute atomic E-state index is 0.893. The van der Waals surface area contributed by atoms with Crippen molar-refractivity contribution in [2.75, 3.05) is 39.5 Å². The molecule has 0 rings (SSSR count). The van der Waals surface area contributed by atoms with Gasteiger partial charge >= 0.3 is 0 Å². The van der Waals surface area contributed by atoms with E-state index in [2.05, 4.69) is 43.5 Å². The lowest BCUT2D eigenvalue weighted by atomic mass is 10.1. The second kappa shape index (κ2) is 43.4. The van der Waals surface area contributed by atoms with Crippen molar-refractivity contribution in [1.29, 1.82) is 0 Å². The molecular formula is C42H83NO2. The smallest absolute Gasteiger partial charge is 0.0478 e. The Balaban J connectivity index is 3.09. The summed E-state index contributed by atoms with van der Waals surface area (Å²) in [5.74, 6) is 0. The fourth-order valence-corrected chi connectivity index (χ4v) is 5.83. The number of rotatable bonds is 40. The summed E-state index contributed by atoms with van der Waals surface area (Å²) < 4.78 is 11.7. The Kier molecular flexibility index (Phi) is 42.7. The lowest BCUT2D eigenvalue weighted by molar-refractivity contribution is 0.123. The second-order valence-corrected chi connectivity index (χ2v) is 13.6. The van der Waals surface area contributed by atoms with Crippen molar-refractivity contribution < 1.29 is 9.47 Å². The lowest BCUT2D eigenvalue weighted by Crippen LogP contribution is -2.19. The lowest BCUT2D eigenvalue weighted by Gasteiger charge is -2.07. The Morgan fingerprint density at radius 3 is 0.911 bits per heavy atom. The first-order chi connectivity index (χ1) is 22.4. The van der Waals surface area contributed by atoms with E-state index in [1.165, 1.54) is 180 Å². The largest absolute Gasteiger partial charge is 0.381 e. The molecule has 0 bridgehead atoms. The zero-order chi connectivity index (χ0) is 32.4. The quantitative estimate of drug-likeness (QED) is 0.0538. The average molecular weight is 634 g/mol. The SMILES string of the molecule is CCCCCCCCC=CCCCCCCCCOCCCNCCCOCCCCCCCCC=CCCCCCCCC. The van der Waals surface area contributed by atoms with Gasteiger partial charge in [0, 0.05) is 26.4 Å². The Hall–Kier alpha value is -0.640. The van der Waals surface area contributed by atoms with Gasteiger partial charge in [-0.2, -0.15) is 0 Å². The van der Waals surface area contributed by atoms with E-state index in [0.717, 1.165) is 52.4 Å². The number of hydrogen-bond donors (Lipinski definition) is 1. The first-order valence-corrected chi connectivity index (χ1v) is 20.6. The number of hydrogen-bond acceptors (Lipinski definition) is 3. The van der Waals surface area contributed by atoms with Crippen LogP contribution >= 0.6 is 0 Å². The van der Waals surface area contributed by atoms with E-state index in [4.69, 9.17) is 9.47 Å². The highest BCUT2D eigenvalue weighted by atomic mass is 16.5. The van der Waals surface area contributed by atoms with Crippen LogP contribution in [0.3, 0.4) is 0 Å². The summed E-state index contributed by atoms with van der Waals surface area (Å²) in [6, 6.07) is 0. The molecule has 0 aromatic heterocycles. The molecule has 0 heterocycles. The molecule has 3 nitrogen and oxygen atoms in total. The standard InChI is InChI=1S/C42H83NO2/c1-3-5-7-9-11-13-15-17-19-21-23-25-27-29-31-33-39-44-41-35-37-43-38-36-42-45-40-34-32-30-28-26-24-22-20-18-16-14-12-10-8-6-4-2/h17-20,43H,3-16,21-42H2,1-2H3. The summed E-state index contributed by atoms with van der Waals surface area (Å²) in [6.07, 6.45) is 50.0. The number of allylic oxidation sites excluding steroid dienone is 4. The van der Waals surface area contributed by atoms with Crippen molar-refractivity contribution >= 4 is 0 Å². The molecule has 0 aliphatic carbocycles. The van der Waals surface area contributed by atoms with Crippen molar-refractivity contribution in [3.8, 4) is 0 Å². The van der Waals surface area contributed by atoms with E-state index in [1.807, 2.05) is 0 Å². The monoisotopic (exact) mass is 634 g/mol. The summed E-state index contributed by atoms with van der Waals surface area (Å²) >= 11 is 0. The van der Waals surface area contributed by atoms with Crippen LogP contribution in [-0.4, -0.2) is 39.5 Å². The van der Waals surface area contributed by atoms with E-state index in [0.29, 0.717) is 0 Å². The number of nitrogens with one attached hydrogen (secondary N) is 1. The highest BCUT2D eigenvalue weighted by Gasteiger charge is 1.96. The summed E-state index contributed by atoms with van der Waals surface area (Å²) in [7, 11) is 0. The topological polar surface area (TPSA) is 30.5 Å². The molecule has 0 amide bonds. The van der Waals surface area contributed by atoms with Crippen LogP contribution in [0.25, 0.3) is 0 Å². The predicted molar refractivity (Wildman–Crippen MR) is 203 cm³/mol. The maximum absolute atomic E-state index is 5.83. The van der Waals surface area contributed by atoms with E-state index in [-0.39, 0.29) is 0 Å². The summed E-state index contributed by atoms with van der Waals surface area (Å²) in [5.41, 5.74) is 0. The maximum atomic E-state index is 5.83. The molecule has 0 fully saturated rings. The molecule has 0 aromatic rings.